The first-order chi connectivity index (χ1) is 14.9. The summed E-state index contributed by atoms with van der Waals surface area (Å²) in [7, 11) is -3.86. The monoisotopic (exact) mass is 470 g/mol. The Morgan fingerprint density at radius 2 is 1.81 bits per heavy atom. The van der Waals surface area contributed by atoms with Crippen LogP contribution in [0, 0.1) is 11.8 Å². The second-order valence-corrected chi connectivity index (χ2v) is 9.16. The van der Waals surface area contributed by atoms with Crippen LogP contribution in [-0.2, 0) is 15.6 Å². The fraction of sp³-hybridized carbons (Fsp3) is 0.421. The molecule has 3 rings (SSSR count). The molecule has 0 amide bonds. The third-order valence-electron chi connectivity index (χ3n) is 5.06. The van der Waals surface area contributed by atoms with Crippen LogP contribution in [0.15, 0.2) is 35.6 Å². The van der Waals surface area contributed by atoms with E-state index in [-0.39, 0.29) is 36.3 Å². The highest BCUT2D eigenvalue weighted by Crippen LogP contribution is 2.38. The minimum absolute atomic E-state index is 0.0150. The van der Waals surface area contributed by atoms with Crippen LogP contribution in [0.4, 0.5) is 24.9 Å². The van der Waals surface area contributed by atoms with Gasteiger partial charge in [-0.1, -0.05) is 5.92 Å². The van der Waals surface area contributed by atoms with Crippen molar-refractivity contribution >= 4 is 21.8 Å². The Morgan fingerprint density at radius 3 is 2.34 bits per heavy atom. The summed E-state index contributed by atoms with van der Waals surface area (Å²) in [4.78, 5) is 13.3. The molecule has 0 saturated carbocycles. The van der Waals surface area contributed by atoms with Crippen LogP contribution < -0.4 is 10.6 Å². The molecule has 0 aromatic carbocycles. The van der Waals surface area contributed by atoms with Gasteiger partial charge in [0.2, 0.25) is 16.0 Å². The lowest BCUT2D eigenvalue weighted by Crippen LogP contribution is -2.54. The molecule has 32 heavy (non-hydrogen) atoms. The summed E-state index contributed by atoms with van der Waals surface area (Å²) in [5.74, 6) is 5.88. The van der Waals surface area contributed by atoms with Crippen molar-refractivity contribution in [2.45, 2.75) is 36.6 Å². The lowest BCUT2D eigenvalue weighted by molar-refractivity contribution is -0.259. The smallest absolute Gasteiger partial charge is 0.384 e. The Labute approximate surface area is 183 Å². The van der Waals surface area contributed by atoms with E-state index in [0.717, 1.165) is 12.4 Å². The maximum absolute atomic E-state index is 13.0. The van der Waals surface area contributed by atoms with E-state index in [4.69, 9.17) is 5.73 Å². The number of rotatable bonds is 4. The van der Waals surface area contributed by atoms with Crippen molar-refractivity contribution in [1.29, 1.82) is 0 Å². The van der Waals surface area contributed by atoms with Crippen LogP contribution in [0.25, 0.3) is 0 Å². The van der Waals surface area contributed by atoms with Crippen molar-refractivity contribution in [2.24, 2.45) is 0 Å². The topological polar surface area (TPSA) is 126 Å². The average Bonchev–Trinajstić information content (AvgIpc) is 2.73. The van der Waals surface area contributed by atoms with E-state index < -0.39 is 33.4 Å². The summed E-state index contributed by atoms with van der Waals surface area (Å²) in [6.07, 6.45) is -1.93. The number of nitrogens with two attached hydrogens (primary N) is 1. The third kappa shape index (κ3) is 4.47. The van der Waals surface area contributed by atoms with Gasteiger partial charge in [-0.15, -0.1) is 5.92 Å². The molecular weight excluding hydrogens is 449 g/mol. The zero-order valence-corrected chi connectivity index (χ0v) is 18.0. The number of pyridine rings is 1. The number of alkyl halides is 3. The first-order valence-corrected chi connectivity index (χ1v) is 10.8. The molecule has 1 unspecified atom stereocenters. The second-order valence-electron chi connectivity index (χ2n) is 7.23. The number of hydrogen-bond donors (Lipinski definition) is 2. The van der Waals surface area contributed by atoms with Crippen LogP contribution >= 0.6 is 0 Å². The Morgan fingerprint density at radius 1 is 1.16 bits per heavy atom. The van der Waals surface area contributed by atoms with E-state index >= 15 is 0 Å². The zero-order chi connectivity index (χ0) is 23.7. The van der Waals surface area contributed by atoms with Crippen LogP contribution in [0.5, 0.6) is 0 Å². The predicted molar refractivity (Wildman–Crippen MR) is 110 cm³/mol. The van der Waals surface area contributed by atoms with Gasteiger partial charge in [0, 0.05) is 43.8 Å². The molecule has 1 saturated heterocycles. The molecular formula is C19H21F3N6O3S. The van der Waals surface area contributed by atoms with Gasteiger partial charge in [0.05, 0.1) is 0 Å². The predicted octanol–water partition coefficient (Wildman–Crippen LogP) is 1.13. The van der Waals surface area contributed by atoms with Crippen LogP contribution in [0.3, 0.4) is 0 Å². The third-order valence-corrected chi connectivity index (χ3v) is 6.91. The summed E-state index contributed by atoms with van der Waals surface area (Å²) in [5.41, 5.74) is 1.90. The van der Waals surface area contributed by atoms with Gasteiger partial charge in [0.25, 0.3) is 0 Å². The van der Waals surface area contributed by atoms with Gasteiger partial charge in [-0.2, -0.15) is 17.5 Å². The normalized spacial score (nSPS) is 19.7. The number of anilines is 2. The average molecular weight is 470 g/mol. The fourth-order valence-electron chi connectivity index (χ4n) is 3.08. The highest BCUT2D eigenvalue weighted by molar-refractivity contribution is 7.89. The molecule has 1 aliphatic rings. The molecule has 0 bridgehead atoms. The molecule has 0 spiro atoms. The number of aliphatic hydroxyl groups is 1. The van der Waals surface area contributed by atoms with E-state index in [1.54, 1.807) is 11.8 Å². The number of aromatic nitrogens is 3. The SMILES string of the molecule is CC#C[C@@H]1CN(S(=O)(=O)c2ccc(N)nc2)CCN1c1ncc(C(C)(O)C(F)(F)F)cn1. The summed E-state index contributed by atoms with van der Waals surface area (Å²) in [5, 5.41) is 9.78. The molecule has 2 aromatic rings. The van der Waals surface area contributed by atoms with Crippen LogP contribution in [0.1, 0.15) is 19.4 Å². The van der Waals surface area contributed by atoms with Gasteiger partial charge in [0.1, 0.15) is 16.8 Å². The number of nitrogen functional groups attached to an aromatic ring is 1. The Bertz CT molecular complexity index is 1130. The van der Waals surface area contributed by atoms with E-state index in [1.807, 2.05) is 0 Å². The Kier molecular flexibility index (Phi) is 6.32. The van der Waals surface area contributed by atoms with Crippen molar-refractivity contribution in [2.75, 3.05) is 30.3 Å². The van der Waals surface area contributed by atoms with Gasteiger partial charge in [-0.3, -0.25) is 0 Å². The second kappa shape index (κ2) is 8.53. The molecule has 1 aliphatic heterocycles. The van der Waals surface area contributed by atoms with Crippen molar-refractivity contribution in [1.82, 2.24) is 19.3 Å². The number of nitrogens with zero attached hydrogens (tertiary/aromatic N) is 5. The van der Waals surface area contributed by atoms with Gasteiger partial charge < -0.3 is 15.7 Å². The molecule has 1 fully saturated rings. The van der Waals surface area contributed by atoms with Crippen molar-refractivity contribution in [3.05, 3.63) is 36.3 Å². The molecule has 0 aliphatic carbocycles. The van der Waals surface area contributed by atoms with Gasteiger partial charge >= 0.3 is 6.18 Å². The number of halogens is 3. The zero-order valence-electron chi connectivity index (χ0n) is 17.2. The van der Waals surface area contributed by atoms with E-state index in [2.05, 4.69) is 26.8 Å². The van der Waals surface area contributed by atoms with Crippen molar-refractivity contribution in [3.63, 3.8) is 0 Å². The standard InChI is InChI=1S/C19H21F3N6O3S/c1-3-4-14-12-27(32(30,31)15-5-6-16(23)24-11-15)7-8-28(14)17-25-9-13(10-26-17)18(2,29)19(20,21)22/h5-6,9-11,14,29H,7-8,12H2,1-2H3,(H2,23,24)/t14-,18?/m1/s1. The first-order valence-electron chi connectivity index (χ1n) is 9.40. The minimum Gasteiger partial charge on any atom is -0.384 e. The first kappa shape index (κ1) is 23.7. The highest BCUT2D eigenvalue weighted by atomic mass is 32.2. The Balaban J connectivity index is 1.84. The van der Waals surface area contributed by atoms with E-state index in [0.29, 0.717) is 6.92 Å². The maximum atomic E-state index is 13.0. The van der Waals surface area contributed by atoms with Gasteiger partial charge in [-0.25, -0.2) is 23.4 Å². The lowest BCUT2D eigenvalue weighted by atomic mass is 9.99. The molecule has 3 N–H and O–H groups in total. The van der Waals surface area contributed by atoms with Gasteiger partial charge in [0.15, 0.2) is 5.60 Å². The molecule has 2 aromatic heterocycles. The van der Waals surface area contributed by atoms with E-state index in [9.17, 15) is 26.7 Å². The number of hydrogen-bond acceptors (Lipinski definition) is 8. The van der Waals surface area contributed by atoms with E-state index in [1.165, 1.54) is 22.6 Å². The number of sulfonamides is 1. The Hall–Kier alpha value is -2.95. The van der Waals surface area contributed by atoms with Crippen molar-refractivity contribution in [3.8, 4) is 11.8 Å². The minimum atomic E-state index is -4.90. The fourth-order valence-corrected chi connectivity index (χ4v) is 4.47. The number of piperazine rings is 1. The molecule has 0 radical (unpaired) electrons. The quantitative estimate of drug-likeness (QED) is 0.637. The summed E-state index contributed by atoms with van der Waals surface area (Å²) in [6.45, 7) is 2.40. The lowest BCUT2D eigenvalue weighted by Gasteiger charge is -2.38. The molecule has 3 heterocycles. The molecule has 2 atom stereocenters. The molecule has 9 nitrogen and oxygen atoms in total. The largest absolute Gasteiger partial charge is 0.421 e. The van der Waals surface area contributed by atoms with Crippen molar-refractivity contribution < 1.29 is 26.7 Å². The van der Waals surface area contributed by atoms with Crippen LogP contribution in [0.2, 0.25) is 0 Å². The summed E-state index contributed by atoms with van der Waals surface area (Å²) in [6, 6.07) is 2.11. The maximum Gasteiger partial charge on any atom is 0.421 e. The van der Waals surface area contributed by atoms with Crippen LogP contribution in [-0.4, -0.2) is 64.6 Å². The highest BCUT2D eigenvalue weighted by Gasteiger charge is 2.51. The molecule has 13 heteroatoms. The van der Waals surface area contributed by atoms with Gasteiger partial charge in [-0.05, 0) is 26.0 Å². The summed E-state index contributed by atoms with van der Waals surface area (Å²) >= 11 is 0. The molecule has 172 valence electrons. The summed E-state index contributed by atoms with van der Waals surface area (Å²) < 4.78 is 66.3.